The number of amides is 1. The maximum atomic E-state index is 11.8. The van der Waals surface area contributed by atoms with Crippen molar-refractivity contribution in [2.24, 2.45) is 0 Å². The fourth-order valence-electron chi connectivity index (χ4n) is 1.65. The van der Waals surface area contributed by atoms with Crippen LogP contribution in [0, 0.1) is 0 Å². The Balaban J connectivity index is 1.83. The molecular formula is C14H16BrN3O2S. The van der Waals surface area contributed by atoms with Crippen LogP contribution in [0.25, 0.3) is 0 Å². The van der Waals surface area contributed by atoms with E-state index in [1.165, 1.54) is 16.9 Å². The highest BCUT2D eigenvalue weighted by atomic mass is 79.9. The van der Waals surface area contributed by atoms with E-state index in [9.17, 15) is 4.79 Å². The molecule has 0 spiro atoms. The molecule has 2 rings (SSSR count). The molecule has 0 radical (unpaired) electrons. The molecule has 0 bridgehead atoms. The lowest BCUT2D eigenvalue weighted by Gasteiger charge is -2.06. The summed E-state index contributed by atoms with van der Waals surface area (Å²) in [5.41, 5.74) is 1.18. The molecule has 0 saturated heterocycles. The Morgan fingerprint density at radius 3 is 3.05 bits per heavy atom. The van der Waals surface area contributed by atoms with Crippen LogP contribution in [0.5, 0.6) is 5.75 Å². The van der Waals surface area contributed by atoms with Gasteiger partial charge in [-0.25, -0.2) is 0 Å². The van der Waals surface area contributed by atoms with Crippen molar-refractivity contribution in [3.63, 3.8) is 0 Å². The SMILES string of the molecule is CCc1cccc(OCC(=O)Nc2nnc(CCBr)s2)c1. The minimum atomic E-state index is -0.238. The van der Waals surface area contributed by atoms with Crippen molar-refractivity contribution in [3.05, 3.63) is 34.8 Å². The van der Waals surface area contributed by atoms with Gasteiger partial charge in [0.15, 0.2) is 6.61 Å². The van der Waals surface area contributed by atoms with Crippen molar-refractivity contribution >= 4 is 38.3 Å². The van der Waals surface area contributed by atoms with Gasteiger partial charge >= 0.3 is 0 Å². The Morgan fingerprint density at radius 2 is 2.29 bits per heavy atom. The van der Waals surface area contributed by atoms with Crippen molar-refractivity contribution in [2.45, 2.75) is 19.8 Å². The summed E-state index contributed by atoms with van der Waals surface area (Å²) in [6.07, 6.45) is 1.73. The highest BCUT2D eigenvalue weighted by molar-refractivity contribution is 9.09. The summed E-state index contributed by atoms with van der Waals surface area (Å²) in [4.78, 5) is 11.8. The van der Waals surface area contributed by atoms with Gasteiger partial charge in [0.25, 0.3) is 5.91 Å². The third-order valence-corrected chi connectivity index (χ3v) is 3.99. The molecule has 2 aromatic rings. The number of hydrogen-bond donors (Lipinski definition) is 1. The minimum absolute atomic E-state index is 0.0411. The third-order valence-electron chi connectivity index (χ3n) is 2.70. The highest BCUT2D eigenvalue weighted by Gasteiger charge is 2.08. The van der Waals surface area contributed by atoms with Crippen LogP contribution in [0.15, 0.2) is 24.3 Å². The van der Waals surface area contributed by atoms with Crippen LogP contribution in [0.2, 0.25) is 0 Å². The van der Waals surface area contributed by atoms with E-state index < -0.39 is 0 Å². The summed E-state index contributed by atoms with van der Waals surface area (Å²) in [6, 6.07) is 7.72. The normalized spacial score (nSPS) is 10.4. The number of rotatable bonds is 7. The predicted octanol–water partition coefficient (Wildman–Crippen LogP) is 3.06. The number of nitrogens with one attached hydrogen (secondary N) is 1. The molecule has 1 N–H and O–H groups in total. The van der Waals surface area contributed by atoms with Crippen molar-refractivity contribution in [1.82, 2.24) is 10.2 Å². The van der Waals surface area contributed by atoms with E-state index in [0.717, 1.165) is 23.2 Å². The second-order valence-electron chi connectivity index (χ2n) is 4.28. The van der Waals surface area contributed by atoms with Crippen molar-refractivity contribution in [3.8, 4) is 5.75 Å². The van der Waals surface area contributed by atoms with Gasteiger partial charge in [-0.15, -0.1) is 10.2 Å². The number of carbonyl (C=O) groups excluding carboxylic acids is 1. The van der Waals surface area contributed by atoms with E-state index in [-0.39, 0.29) is 12.5 Å². The molecule has 0 atom stereocenters. The second kappa shape index (κ2) is 8.09. The summed E-state index contributed by atoms with van der Waals surface area (Å²) < 4.78 is 5.47. The highest BCUT2D eigenvalue weighted by Crippen LogP contribution is 2.17. The molecule has 1 amide bonds. The van der Waals surface area contributed by atoms with E-state index in [4.69, 9.17) is 4.74 Å². The van der Waals surface area contributed by atoms with Crippen molar-refractivity contribution < 1.29 is 9.53 Å². The number of ether oxygens (including phenoxy) is 1. The smallest absolute Gasteiger partial charge is 0.264 e. The molecule has 0 unspecified atom stereocenters. The lowest BCUT2D eigenvalue weighted by Crippen LogP contribution is -2.20. The lowest BCUT2D eigenvalue weighted by atomic mass is 10.2. The van der Waals surface area contributed by atoms with Gasteiger partial charge in [-0.1, -0.05) is 46.3 Å². The van der Waals surface area contributed by atoms with Crippen LogP contribution >= 0.6 is 27.3 Å². The molecule has 0 fully saturated rings. The first-order valence-corrected chi connectivity index (χ1v) is 8.55. The maximum Gasteiger partial charge on any atom is 0.264 e. The molecule has 0 aliphatic carbocycles. The number of hydrogen-bond acceptors (Lipinski definition) is 5. The standard InChI is InChI=1S/C14H16BrN3O2S/c1-2-10-4-3-5-11(8-10)20-9-12(19)16-14-18-17-13(21-14)6-7-15/h3-5,8H,2,6-7,9H2,1H3,(H,16,18,19). The zero-order valence-corrected chi connectivity index (χ0v) is 14.0. The molecule has 0 aliphatic rings. The number of carbonyl (C=O) groups is 1. The van der Waals surface area contributed by atoms with Crippen molar-refractivity contribution in [2.75, 3.05) is 17.3 Å². The zero-order chi connectivity index (χ0) is 15.1. The Hall–Kier alpha value is -1.47. The topological polar surface area (TPSA) is 64.1 Å². The van der Waals surface area contributed by atoms with Crippen LogP contribution in [0.3, 0.4) is 0 Å². The van der Waals surface area contributed by atoms with Gasteiger partial charge in [0.1, 0.15) is 10.8 Å². The molecule has 1 aromatic carbocycles. The first-order valence-electron chi connectivity index (χ1n) is 6.61. The number of aromatic nitrogens is 2. The molecular weight excluding hydrogens is 354 g/mol. The Labute approximate surface area is 135 Å². The molecule has 1 aromatic heterocycles. The third kappa shape index (κ3) is 5.09. The average molecular weight is 370 g/mol. The number of anilines is 1. The molecule has 0 aliphatic heterocycles. The lowest BCUT2D eigenvalue weighted by molar-refractivity contribution is -0.118. The first kappa shape index (κ1) is 15.9. The van der Waals surface area contributed by atoms with E-state index in [1.54, 1.807) is 0 Å². The number of halogens is 1. The second-order valence-corrected chi connectivity index (χ2v) is 6.13. The maximum absolute atomic E-state index is 11.8. The van der Waals surface area contributed by atoms with Gasteiger partial charge in [-0.2, -0.15) is 0 Å². The minimum Gasteiger partial charge on any atom is -0.484 e. The van der Waals surface area contributed by atoms with Gasteiger partial charge in [0, 0.05) is 11.8 Å². The Bertz CT molecular complexity index is 603. The van der Waals surface area contributed by atoms with E-state index in [1.807, 2.05) is 24.3 Å². The Kier molecular flexibility index (Phi) is 6.13. The molecule has 0 saturated carbocycles. The van der Waals surface area contributed by atoms with Crippen LogP contribution in [-0.4, -0.2) is 28.0 Å². The molecule has 5 nitrogen and oxygen atoms in total. The summed E-state index contributed by atoms with van der Waals surface area (Å²) in [7, 11) is 0. The van der Waals surface area contributed by atoms with Gasteiger partial charge in [-0.3, -0.25) is 10.1 Å². The monoisotopic (exact) mass is 369 g/mol. The van der Waals surface area contributed by atoms with Gasteiger partial charge in [0.05, 0.1) is 0 Å². The quantitative estimate of drug-likeness (QED) is 0.761. The van der Waals surface area contributed by atoms with Gasteiger partial charge < -0.3 is 4.74 Å². The van der Waals surface area contributed by atoms with E-state index in [2.05, 4.69) is 38.4 Å². The van der Waals surface area contributed by atoms with E-state index in [0.29, 0.717) is 10.9 Å². The summed E-state index contributed by atoms with van der Waals surface area (Å²) in [6.45, 7) is 2.03. The van der Waals surface area contributed by atoms with E-state index >= 15 is 0 Å². The molecule has 112 valence electrons. The summed E-state index contributed by atoms with van der Waals surface area (Å²) in [5, 5.41) is 12.8. The fraction of sp³-hybridized carbons (Fsp3) is 0.357. The summed E-state index contributed by atoms with van der Waals surface area (Å²) >= 11 is 4.71. The summed E-state index contributed by atoms with van der Waals surface area (Å²) in [5.74, 6) is 0.459. The van der Waals surface area contributed by atoms with Gasteiger partial charge in [-0.05, 0) is 24.1 Å². The van der Waals surface area contributed by atoms with Crippen LogP contribution in [-0.2, 0) is 17.6 Å². The molecule has 7 heteroatoms. The number of aryl methyl sites for hydroxylation is 2. The molecule has 1 heterocycles. The number of alkyl halides is 1. The Morgan fingerprint density at radius 1 is 1.43 bits per heavy atom. The van der Waals surface area contributed by atoms with Gasteiger partial charge in [0.2, 0.25) is 5.13 Å². The zero-order valence-electron chi connectivity index (χ0n) is 11.6. The van der Waals surface area contributed by atoms with Crippen LogP contribution in [0.4, 0.5) is 5.13 Å². The number of benzene rings is 1. The average Bonchev–Trinajstić information content (AvgIpc) is 2.93. The first-order chi connectivity index (χ1) is 10.2. The molecule has 21 heavy (non-hydrogen) atoms. The van der Waals surface area contributed by atoms with Crippen molar-refractivity contribution in [1.29, 1.82) is 0 Å². The number of nitrogens with zero attached hydrogens (tertiary/aromatic N) is 2. The van der Waals surface area contributed by atoms with Crippen LogP contribution in [0.1, 0.15) is 17.5 Å². The van der Waals surface area contributed by atoms with Crippen LogP contribution < -0.4 is 10.1 Å². The fourth-order valence-corrected chi connectivity index (χ4v) is 3.04. The predicted molar refractivity (Wildman–Crippen MR) is 87.4 cm³/mol. The largest absolute Gasteiger partial charge is 0.484 e.